The van der Waals surface area contributed by atoms with Crippen LogP contribution in [0.4, 0.5) is 0 Å². The first kappa shape index (κ1) is 17.0. The van der Waals surface area contributed by atoms with Crippen LogP contribution in [0.25, 0.3) is 0 Å². The first-order valence-electron chi connectivity index (χ1n) is 7.63. The molecule has 1 fully saturated rings. The van der Waals surface area contributed by atoms with Gasteiger partial charge in [0.05, 0.1) is 19.3 Å². The van der Waals surface area contributed by atoms with Gasteiger partial charge in [-0.1, -0.05) is 25.7 Å². The lowest BCUT2D eigenvalue weighted by molar-refractivity contribution is -0.169. The summed E-state index contributed by atoms with van der Waals surface area (Å²) in [6, 6.07) is 0. The molecule has 0 aromatic rings. The quantitative estimate of drug-likeness (QED) is 0.459. The Labute approximate surface area is 120 Å². The van der Waals surface area contributed by atoms with E-state index >= 15 is 0 Å². The van der Waals surface area contributed by atoms with E-state index in [1.54, 1.807) is 13.8 Å². The Morgan fingerprint density at radius 2 is 1.45 bits per heavy atom. The third kappa shape index (κ3) is 4.78. The van der Waals surface area contributed by atoms with Crippen molar-refractivity contribution in [1.29, 1.82) is 0 Å². The lowest BCUT2D eigenvalue weighted by atomic mass is 9.85. The monoisotopic (exact) mass is 286 g/mol. The summed E-state index contributed by atoms with van der Waals surface area (Å²) in [7, 11) is 0. The van der Waals surface area contributed by atoms with E-state index in [1.165, 1.54) is 0 Å². The van der Waals surface area contributed by atoms with Crippen LogP contribution in [0.15, 0.2) is 0 Å². The number of esters is 2. The number of ether oxygens (including phenoxy) is 2. The molecule has 0 aliphatic heterocycles. The molecule has 0 aromatic carbocycles. The molecule has 20 heavy (non-hydrogen) atoms. The number of carbonyl (C=O) groups excluding carboxylic acids is 2. The van der Waals surface area contributed by atoms with Crippen LogP contribution in [-0.2, 0) is 19.1 Å². The number of rotatable bonds is 6. The van der Waals surface area contributed by atoms with Crippen molar-refractivity contribution in [3.63, 3.8) is 0 Å². The number of carbonyl (C=O) groups is 2. The maximum absolute atomic E-state index is 11.9. The van der Waals surface area contributed by atoms with E-state index in [1.807, 2.05) is 0 Å². The number of aliphatic hydroxyl groups excluding tert-OH is 1. The molecule has 0 spiro atoms. The predicted molar refractivity (Wildman–Crippen MR) is 74.0 cm³/mol. The smallest absolute Gasteiger partial charge is 0.323 e. The van der Waals surface area contributed by atoms with Gasteiger partial charge in [0.15, 0.2) is 5.92 Å². The van der Waals surface area contributed by atoms with E-state index in [9.17, 15) is 14.7 Å². The molecule has 1 unspecified atom stereocenters. The molecular weight excluding hydrogens is 260 g/mol. The van der Waals surface area contributed by atoms with Gasteiger partial charge in [-0.3, -0.25) is 9.59 Å². The topological polar surface area (TPSA) is 72.8 Å². The minimum Gasteiger partial charge on any atom is -0.465 e. The first-order chi connectivity index (χ1) is 9.61. The number of hydrogen-bond donors (Lipinski definition) is 1. The van der Waals surface area contributed by atoms with E-state index in [0.717, 1.165) is 38.5 Å². The van der Waals surface area contributed by atoms with Crippen LogP contribution in [-0.4, -0.2) is 36.4 Å². The van der Waals surface area contributed by atoms with Gasteiger partial charge in [-0.15, -0.1) is 0 Å². The fourth-order valence-corrected chi connectivity index (χ4v) is 2.76. The summed E-state index contributed by atoms with van der Waals surface area (Å²) < 4.78 is 9.83. The van der Waals surface area contributed by atoms with Crippen LogP contribution in [0.3, 0.4) is 0 Å². The summed E-state index contributed by atoms with van der Waals surface area (Å²) in [4.78, 5) is 23.9. The Kier molecular flexibility index (Phi) is 7.59. The van der Waals surface area contributed by atoms with Crippen LogP contribution in [0, 0.1) is 11.8 Å². The zero-order valence-corrected chi connectivity index (χ0v) is 12.5. The molecule has 0 bridgehead atoms. The standard InChI is InChI=1S/C15H26O5/c1-3-19-14(17)12(15(18)20-4-2)13(16)11-9-7-5-6-8-10-11/h11-13,16H,3-10H2,1-2H3. The SMILES string of the molecule is CCOC(=O)C(C(=O)OCC)C(O)C1CCCCCC1. The number of aliphatic hydroxyl groups is 1. The van der Waals surface area contributed by atoms with Gasteiger partial charge in [-0.25, -0.2) is 0 Å². The molecule has 0 heterocycles. The minimum atomic E-state index is -1.21. The predicted octanol–water partition coefficient (Wildman–Crippen LogP) is 2.06. The molecular formula is C15H26O5. The second kappa shape index (κ2) is 8.95. The highest BCUT2D eigenvalue weighted by Gasteiger charge is 2.40. The summed E-state index contributed by atoms with van der Waals surface area (Å²) in [5.74, 6) is -2.60. The van der Waals surface area contributed by atoms with Crippen LogP contribution in [0.5, 0.6) is 0 Å². The molecule has 0 radical (unpaired) electrons. The summed E-state index contributed by atoms with van der Waals surface area (Å²) >= 11 is 0. The molecule has 1 atom stereocenters. The van der Waals surface area contributed by atoms with Crippen molar-refractivity contribution in [3.8, 4) is 0 Å². The van der Waals surface area contributed by atoms with Crippen LogP contribution < -0.4 is 0 Å². The van der Waals surface area contributed by atoms with Gasteiger partial charge >= 0.3 is 11.9 Å². The zero-order chi connectivity index (χ0) is 15.0. The van der Waals surface area contributed by atoms with Crippen LogP contribution in [0.1, 0.15) is 52.4 Å². The van der Waals surface area contributed by atoms with E-state index in [4.69, 9.17) is 9.47 Å². The van der Waals surface area contributed by atoms with Gasteiger partial charge in [0.2, 0.25) is 0 Å². The molecule has 116 valence electrons. The van der Waals surface area contributed by atoms with Crippen molar-refractivity contribution in [2.75, 3.05) is 13.2 Å². The van der Waals surface area contributed by atoms with E-state index in [-0.39, 0.29) is 19.1 Å². The van der Waals surface area contributed by atoms with E-state index in [0.29, 0.717) is 0 Å². The van der Waals surface area contributed by atoms with E-state index in [2.05, 4.69) is 0 Å². The van der Waals surface area contributed by atoms with Gasteiger partial charge < -0.3 is 14.6 Å². The van der Waals surface area contributed by atoms with Gasteiger partial charge in [0.1, 0.15) is 0 Å². The zero-order valence-electron chi connectivity index (χ0n) is 12.5. The fraction of sp³-hybridized carbons (Fsp3) is 0.867. The van der Waals surface area contributed by atoms with Crippen molar-refractivity contribution in [2.45, 2.75) is 58.5 Å². The average molecular weight is 286 g/mol. The maximum atomic E-state index is 11.9. The van der Waals surface area contributed by atoms with Crippen molar-refractivity contribution in [2.24, 2.45) is 11.8 Å². The molecule has 0 aromatic heterocycles. The molecule has 0 saturated heterocycles. The lowest BCUT2D eigenvalue weighted by Gasteiger charge is -2.26. The van der Waals surface area contributed by atoms with E-state index < -0.39 is 24.0 Å². The maximum Gasteiger partial charge on any atom is 0.323 e. The Hall–Kier alpha value is -1.10. The summed E-state index contributed by atoms with van der Waals surface area (Å²) in [6.45, 7) is 3.73. The molecule has 5 heteroatoms. The third-order valence-corrected chi connectivity index (χ3v) is 3.81. The van der Waals surface area contributed by atoms with Gasteiger partial charge in [0, 0.05) is 0 Å². The fourth-order valence-electron chi connectivity index (χ4n) is 2.76. The lowest BCUT2D eigenvalue weighted by Crippen LogP contribution is -2.41. The Morgan fingerprint density at radius 1 is 1.00 bits per heavy atom. The van der Waals surface area contributed by atoms with Crippen molar-refractivity contribution >= 4 is 11.9 Å². The Morgan fingerprint density at radius 3 is 1.85 bits per heavy atom. The van der Waals surface area contributed by atoms with Gasteiger partial charge in [-0.05, 0) is 32.6 Å². The van der Waals surface area contributed by atoms with Crippen molar-refractivity contribution in [1.82, 2.24) is 0 Å². The Bertz CT molecular complexity index is 289. The Balaban J connectivity index is 2.78. The number of hydrogen-bond acceptors (Lipinski definition) is 5. The molecule has 5 nitrogen and oxygen atoms in total. The third-order valence-electron chi connectivity index (χ3n) is 3.81. The summed E-state index contributed by atoms with van der Waals surface area (Å²) in [6.07, 6.45) is 5.03. The molecule has 1 aliphatic carbocycles. The van der Waals surface area contributed by atoms with Gasteiger partial charge in [0.25, 0.3) is 0 Å². The van der Waals surface area contributed by atoms with Gasteiger partial charge in [-0.2, -0.15) is 0 Å². The molecule has 1 rings (SSSR count). The average Bonchev–Trinajstić information content (AvgIpc) is 2.68. The molecule has 1 saturated carbocycles. The van der Waals surface area contributed by atoms with Crippen molar-refractivity contribution < 1.29 is 24.2 Å². The summed E-state index contributed by atoms with van der Waals surface area (Å²) in [5.41, 5.74) is 0. The van der Waals surface area contributed by atoms with Crippen LogP contribution in [0.2, 0.25) is 0 Å². The van der Waals surface area contributed by atoms with Crippen LogP contribution >= 0.6 is 0 Å². The molecule has 0 amide bonds. The first-order valence-corrected chi connectivity index (χ1v) is 7.63. The second-order valence-electron chi connectivity index (χ2n) is 5.22. The molecule has 1 aliphatic rings. The largest absolute Gasteiger partial charge is 0.465 e. The van der Waals surface area contributed by atoms with Crippen molar-refractivity contribution in [3.05, 3.63) is 0 Å². The molecule has 1 N–H and O–H groups in total. The minimum absolute atomic E-state index is 0.0312. The summed E-state index contributed by atoms with van der Waals surface area (Å²) in [5, 5.41) is 10.5. The highest BCUT2D eigenvalue weighted by atomic mass is 16.6. The highest BCUT2D eigenvalue weighted by Crippen LogP contribution is 2.29. The second-order valence-corrected chi connectivity index (χ2v) is 5.22. The highest BCUT2D eigenvalue weighted by molar-refractivity contribution is 5.95. The normalized spacial score (nSPS) is 18.4.